The first-order valence-corrected chi connectivity index (χ1v) is 7.24. The summed E-state index contributed by atoms with van der Waals surface area (Å²) in [7, 11) is 0. The van der Waals surface area contributed by atoms with Crippen LogP contribution in [0.4, 0.5) is 4.39 Å². The van der Waals surface area contributed by atoms with Gasteiger partial charge in [-0.15, -0.1) is 0 Å². The Kier molecular flexibility index (Phi) is 3.28. The molecule has 0 aromatic rings. The van der Waals surface area contributed by atoms with Gasteiger partial charge in [0, 0.05) is 10.5 Å². The molecule has 0 bridgehead atoms. The number of hydrogen-bond donors (Lipinski definition) is 1. The summed E-state index contributed by atoms with van der Waals surface area (Å²) in [5, 5.41) is 3.37. The fourth-order valence-corrected chi connectivity index (χ4v) is 3.62. The summed E-state index contributed by atoms with van der Waals surface area (Å²) >= 11 is 3.39. The molecule has 0 aromatic carbocycles. The van der Waals surface area contributed by atoms with Gasteiger partial charge >= 0.3 is 0 Å². The van der Waals surface area contributed by atoms with Gasteiger partial charge in [-0.2, -0.15) is 0 Å². The molecule has 98 valence electrons. The van der Waals surface area contributed by atoms with Crippen LogP contribution in [0.3, 0.4) is 0 Å². The third kappa shape index (κ3) is 2.03. The zero-order valence-corrected chi connectivity index (χ0v) is 12.0. The van der Waals surface area contributed by atoms with Gasteiger partial charge in [0.25, 0.3) is 0 Å². The molecular weight excluding hydrogens is 297 g/mol. The smallest absolute Gasteiger partial charge is 0.128 e. The lowest BCUT2D eigenvalue weighted by atomic mass is 9.97. The highest BCUT2D eigenvalue weighted by molar-refractivity contribution is 9.11. The lowest BCUT2D eigenvalue weighted by Crippen LogP contribution is -2.49. The van der Waals surface area contributed by atoms with Crippen LogP contribution >= 0.6 is 15.9 Å². The van der Waals surface area contributed by atoms with Crippen molar-refractivity contribution in [2.45, 2.75) is 37.9 Å². The number of fused-ring (bicyclic) bond motifs is 1. The molecule has 0 spiro atoms. The molecule has 3 nitrogen and oxygen atoms in total. The summed E-state index contributed by atoms with van der Waals surface area (Å²) in [4.78, 5) is 6.80. The monoisotopic (exact) mass is 313 g/mol. The van der Waals surface area contributed by atoms with E-state index in [4.69, 9.17) is 0 Å². The van der Waals surface area contributed by atoms with E-state index in [1.54, 1.807) is 0 Å². The Morgan fingerprint density at radius 3 is 2.89 bits per heavy atom. The number of nitrogens with one attached hydrogen (secondary N) is 1. The third-order valence-corrected chi connectivity index (χ3v) is 4.43. The van der Waals surface area contributed by atoms with E-state index in [1.807, 2.05) is 6.92 Å². The van der Waals surface area contributed by atoms with Crippen molar-refractivity contribution < 1.29 is 4.39 Å². The molecule has 0 amide bonds. The molecule has 1 fully saturated rings. The van der Waals surface area contributed by atoms with E-state index in [-0.39, 0.29) is 17.9 Å². The van der Waals surface area contributed by atoms with E-state index in [1.165, 1.54) is 6.08 Å². The molecule has 1 N–H and O–H groups in total. The van der Waals surface area contributed by atoms with Crippen molar-refractivity contribution in [2.24, 2.45) is 4.99 Å². The van der Waals surface area contributed by atoms with E-state index in [0.717, 1.165) is 36.2 Å². The largest absolute Gasteiger partial charge is 0.348 e. The minimum Gasteiger partial charge on any atom is -0.348 e. The third-order valence-electron chi connectivity index (χ3n) is 3.93. The Balaban J connectivity index is 1.87. The fourth-order valence-electron chi connectivity index (χ4n) is 3.13. The van der Waals surface area contributed by atoms with Crippen LogP contribution in [0.25, 0.3) is 0 Å². The molecule has 0 aromatic heterocycles. The molecule has 18 heavy (non-hydrogen) atoms. The normalized spacial score (nSPS) is 32.8. The van der Waals surface area contributed by atoms with Crippen LogP contribution in [0.1, 0.15) is 19.8 Å². The summed E-state index contributed by atoms with van der Waals surface area (Å²) in [5.41, 5.74) is 0. The molecule has 2 atom stereocenters. The molecule has 0 radical (unpaired) electrons. The first kappa shape index (κ1) is 12.4. The lowest BCUT2D eigenvalue weighted by molar-refractivity contribution is 0.221. The van der Waals surface area contributed by atoms with Crippen LogP contribution in [0, 0.1) is 0 Å². The van der Waals surface area contributed by atoms with Crippen LogP contribution in [-0.2, 0) is 0 Å². The topological polar surface area (TPSA) is 27.6 Å². The highest BCUT2D eigenvalue weighted by atomic mass is 79.9. The molecule has 2 unspecified atom stereocenters. The van der Waals surface area contributed by atoms with Gasteiger partial charge in [-0.1, -0.05) is 15.9 Å². The van der Waals surface area contributed by atoms with Gasteiger partial charge in [-0.25, -0.2) is 4.39 Å². The first-order valence-electron chi connectivity index (χ1n) is 6.44. The quantitative estimate of drug-likeness (QED) is 0.804. The molecule has 1 aliphatic carbocycles. The van der Waals surface area contributed by atoms with Crippen molar-refractivity contribution in [3.63, 3.8) is 0 Å². The summed E-state index contributed by atoms with van der Waals surface area (Å²) < 4.78 is 14.8. The minimum atomic E-state index is -0.332. The Bertz CT molecular complexity index is 438. The number of rotatable bonds is 1. The minimum absolute atomic E-state index is 0.0486. The number of nitrogens with zero attached hydrogens (tertiary/aromatic N) is 2. The Morgan fingerprint density at radius 2 is 2.17 bits per heavy atom. The molecule has 5 heteroatoms. The van der Waals surface area contributed by atoms with E-state index in [9.17, 15) is 4.39 Å². The van der Waals surface area contributed by atoms with Crippen molar-refractivity contribution in [2.75, 3.05) is 13.1 Å². The predicted molar refractivity (Wildman–Crippen MR) is 74.6 cm³/mol. The van der Waals surface area contributed by atoms with Crippen LogP contribution in [0.2, 0.25) is 0 Å². The van der Waals surface area contributed by atoms with Crippen molar-refractivity contribution in [1.82, 2.24) is 10.2 Å². The first-order chi connectivity index (χ1) is 8.66. The summed E-state index contributed by atoms with van der Waals surface area (Å²) in [6.45, 7) is 4.07. The summed E-state index contributed by atoms with van der Waals surface area (Å²) in [5.74, 6) is 0.837. The van der Waals surface area contributed by atoms with Crippen LogP contribution in [-0.4, -0.2) is 42.0 Å². The van der Waals surface area contributed by atoms with Crippen LogP contribution in [0.15, 0.2) is 27.5 Å². The van der Waals surface area contributed by atoms with Crippen molar-refractivity contribution >= 4 is 21.8 Å². The van der Waals surface area contributed by atoms with Gasteiger partial charge in [-0.05, 0) is 45.0 Å². The van der Waals surface area contributed by atoms with Gasteiger partial charge in [0.1, 0.15) is 11.9 Å². The maximum atomic E-state index is 13.9. The maximum Gasteiger partial charge on any atom is 0.128 e. The fraction of sp³-hybridized carbons (Fsp3) is 0.615. The number of piperidine rings is 1. The van der Waals surface area contributed by atoms with E-state index < -0.39 is 0 Å². The molecule has 3 rings (SSSR count). The summed E-state index contributed by atoms with van der Waals surface area (Å²) in [6, 6.07) is 0.195. The van der Waals surface area contributed by atoms with Crippen LogP contribution in [0.5, 0.6) is 0 Å². The molecule has 2 aliphatic heterocycles. The number of hydrogen-bond acceptors (Lipinski definition) is 3. The lowest BCUT2D eigenvalue weighted by Gasteiger charge is -2.38. The molecule has 1 saturated heterocycles. The van der Waals surface area contributed by atoms with E-state index >= 15 is 0 Å². The maximum absolute atomic E-state index is 13.9. The molecule has 2 heterocycles. The average Bonchev–Trinajstić information content (AvgIpc) is 2.67. The van der Waals surface area contributed by atoms with Gasteiger partial charge in [0.2, 0.25) is 0 Å². The number of halogens is 2. The molecule has 3 aliphatic rings. The standard InChI is InChI=1S/C13H17BrFN3/c1-8-17-13-11(15)6-9(14)7-12(13)18(8)10-2-4-16-5-3-10/h6-7,10,12-13,16H,2-5H2,1H3. The van der Waals surface area contributed by atoms with E-state index in [0.29, 0.717) is 6.04 Å². The molecule has 0 saturated carbocycles. The average molecular weight is 314 g/mol. The zero-order valence-electron chi connectivity index (χ0n) is 10.4. The Labute approximate surface area is 115 Å². The van der Waals surface area contributed by atoms with E-state index in [2.05, 4.69) is 37.2 Å². The van der Waals surface area contributed by atoms with Crippen molar-refractivity contribution in [1.29, 1.82) is 0 Å². The van der Waals surface area contributed by atoms with Gasteiger partial charge in [-0.3, -0.25) is 4.99 Å². The Morgan fingerprint density at radius 1 is 1.44 bits per heavy atom. The number of amidine groups is 1. The van der Waals surface area contributed by atoms with Gasteiger partial charge in [0.05, 0.1) is 11.9 Å². The van der Waals surface area contributed by atoms with Gasteiger partial charge in [0.15, 0.2) is 0 Å². The van der Waals surface area contributed by atoms with Crippen molar-refractivity contribution in [3.8, 4) is 0 Å². The Hall–Kier alpha value is -0.680. The SMILES string of the molecule is CC1=NC2C(F)=CC(Br)=CC2N1C1CCNCC1. The number of aliphatic imine (C=N–C) groups is 1. The van der Waals surface area contributed by atoms with Crippen molar-refractivity contribution in [3.05, 3.63) is 22.5 Å². The second kappa shape index (κ2) is 4.78. The summed E-state index contributed by atoms with van der Waals surface area (Å²) in [6.07, 6.45) is 5.82. The second-order valence-corrected chi connectivity index (χ2v) is 6.00. The van der Waals surface area contributed by atoms with Crippen LogP contribution < -0.4 is 5.32 Å². The van der Waals surface area contributed by atoms with Gasteiger partial charge < -0.3 is 10.2 Å². The highest BCUT2D eigenvalue weighted by Crippen LogP contribution is 2.35. The zero-order chi connectivity index (χ0) is 12.7. The molecular formula is C13H17BrFN3. The number of allylic oxidation sites excluding steroid dienone is 2. The predicted octanol–water partition coefficient (Wildman–Crippen LogP) is 2.36. The highest BCUT2D eigenvalue weighted by Gasteiger charge is 2.40. The second-order valence-electron chi connectivity index (χ2n) is 5.08.